The highest BCUT2D eigenvalue weighted by molar-refractivity contribution is 6.04. The molecule has 0 atom stereocenters. The van der Waals surface area contributed by atoms with Gasteiger partial charge in [-0.2, -0.15) is 0 Å². The van der Waals surface area contributed by atoms with Gasteiger partial charge in [0.1, 0.15) is 5.75 Å². The van der Waals surface area contributed by atoms with Crippen LogP contribution >= 0.6 is 0 Å². The molecule has 2 rings (SSSR count). The van der Waals surface area contributed by atoms with Gasteiger partial charge in [-0.3, -0.25) is 9.59 Å². The summed E-state index contributed by atoms with van der Waals surface area (Å²) in [6, 6.07) is 13.8. The first-order valence-electron chi connectivity index (χ1n) is 12.4. The van der Waals surface area contributed by atoms with Crippen molar-refractivity contribution in [3.05, 3.63) is 65.7 Å². The summed E-state index contributed by atoms with van der Waals surface area (Å²) in [6.07, 6.45) is 14.7. The van der Waals surface area contributed by atoms with Crippen LogP contribution in [0.3, 0.4) is 0 Å². The van der Waals surface area contributed by atoms with E-state index < -0.39 is 0 Å². The van der Waals surface area contributed by atoms with Gasteiger partial charge in [-0.1, -0.05) is 76.8 Å². The highest BCUT2D eigenvalue weighted by Crippen LogP contribution is 2.18. The lowest BCUT2D eigenvalue weighted by Crippen LogP contribution is -2.09. The second-order valence-electron chi connectivity index (χ2n) is 8.80. The van der Waals surface area contributed by atoms with Crippen molar-refractivity contribution in [3.63, 3.8) is 0 Å². The van der Waals surface area contributed by atoms with Crippen molar-refractivity contribution in [1.29, 1.82) is 0 Å². The normalized spacial score (nSPS) is 11.4. The quantitative estimate of drug-likeness (QED) is 0.165. The number of ketones is 1. The molecule has 0 heterocycles. The lowest BCUT2D eigenvalue weighted by atomic mass is 10.0. The minimum absolute atomic E-state index is 0.163. The van der Waals surface area contributed by atoms with E-state index in [0.29, 0.717) is 17.7 Å². The molecule has 178 valence electrons. The lowest BCUT2D eigenvalue weighted by Gasteiger charge is -2.06. The Morgan fingerprint density at radius 3 is 1.85 bits per heavy atom. The molecular weight excluding hydrogens is 410 g/mol. The maximum Gasteiger partial charge on any atom is 0.248 e. The number of phenolic OH excluding ortho intramolecular Hbond substituents is 1. The van der Waals surface area contributed by atoms with Gasteiger partial charge < -0.3 is 10.4 Å². The van der Waals surface area contributed by atoms with Gasteiger partial charge in [0, 0.05) is 23.7 Å². The molecule has 4 heteroatoms. The average Bonchev–Trinajstić information content (AvgIpc) is 2.81. The second kappa shape index (κ2) is 15.0. The Kier molecular flexibility index (Phi) is 12.0. The van der Waals surface area contributed by atoms with E-state index in [2.05, 4.69) is 12.2 Å². The predicted octanol–water partition coefficient (Wildman–Crippen LogP) is 7.93. The van der Waals surface area contributed by atoms with Crippen LogP contribution in [0.1, 0.15) is 100 Å². The molecule has 0 unspecified atom stereocenters. The Hall–Kier alpha value is -2.88. The van der Waals surface area contributed by atoms with Crippen molar-refractivity contribution in [2.24, 2.45) is 0 Å². The number of allylic oxidation sites excluding steroid dienone is 1. The Labute approximate surface area is 199 Å². The number of unbranched alkanes of at least 4 members (excludes halogenated alkanes) is 9. The molecule has 0 spiro atoms. The minimum atomic E-state index is -0.231. The van der Waals surface area contributed by atoms with Gasteiger partial charge in [-0.25, -0.2) is 0 Å². The van der Waals surface area contributed by atoms with Crippen molar-refractivity contribution >= 4 is 23.0 Å². The SMILES string of the molecule is CCCCCCCCCCCCC(=O)c1ccc(NC(=O)/C=C(\C)c2ccc(O)cc2)cc1. The number of rotatable bonds is 15. The third-order valence-corrected chi connectivity index (χ3v) is 5.90. The first-order chi connectivity index (χ1) is 16.0. The topological polar surface area (TPSA) is 66.4 Å². The number of benzene rings is 2. The van der Waals surface area contributed by atoms with Crippen LogP contribution in [0.25, 0.3) is 5.57 Å². The molecule has 2 N–H and O–H groups in total. The molecule has 0 fully saturated rings. The highest BCUT2D eigenvalue weighted by Gasteiger charge is 2.07. The van der Waals surface area contributed by atoms with Crippen LogP contribution < -0.4 is 5.32 Å². The van der Waals surface area contributed by atoms with Gasteiger partial charge in [0.15, 0.2) is 5.78 Å². The molecule has 1 amide bonds. The number of carbonyl (C=O) groups excluding carboxylic acids is 2. The van der Waals surface area contributed by atoms with Crippen LogP contribution in [0.15, 0.2) is 54.6 Å². The summed E-state index contributed by atoms with van der Waals surface area (Å²) in [7, 11) is 0. The van der Waals surface area contributed by atoms with Gasteiger partial charge in [0.05, 0.1) is 0 Å². The molecule has 0 aromatic heterocycles. The molecule has 4 nitrogen and oxygen atoms in total. The molecule has 0 radical (unpaired) electrons. The number of anilines is 1. The molecule has 2 aromatic carbocycles. The summed E-state index contributed by atoms with van der Waals surface area (Å²) in [5.74, 6) is 0.124. The van der Waals surface area contributed by atoms with Gasteiger partial charge in [-0.05, 0) is 60.9 Å². The van der Waals surface area contributed by atoms with E-state index in [4.69, 9.17) is 0 Å². The maximum absolute atomic E-state index is 12.4. The van der Waals surface area contributed by atoms with Crippen molar-refractivity contribution < 1.29 is 14.7 Å². The third kappa shape index (κ3) is 10.5. The molecule has 0 saturated carbocycles. The zero-order valence-electron chi connectivity index (χ0n) is 20.2. The Bertz CT molecular complexity index is 882. The number of amides is 1. The smallest absolute Gasteiger partial charge is 0.248 e. The summed E-state index contributed by atoms with van der Waals surface area (Å²) in [5, 5.41) is 12.2. The molecule has 0 aliphatic rings. The zero-order valence-corrected chi connectivity index (χ0v) is 20.2. The van der Waals surface area contributed by atoms with Gasteiger partial charge in [0.25, 0.3) is 0 Å². The Morgan fingerprint density at radius 1 is 0.758 bits per heavy atom. The third-order valence-electron chi connectivity index (χ3n) is 5.90. The Morgan fingerprint density at radius 2 is 1.27 bits per heavy atom. The number of carbonyl (C=O) groups is 2. The summed E-state index contributed by atoms with van der Waals surface area (Å²) in [4.78, 5) is 24.7. The molecule has 33 heavy (non-hydrogen) atoms. The van der Waals surface area contributed by atoms with E-state index in [9.17, 15) is 14.7 Å². The largest absolute Gasteiger partial charge is 0.508 e. The van der Waals surface area contributed by atoms with Crippen LogP contribution in [-0.4, -0.2) is 16.8 Å². The van der Waals surface area contributed by atoms with Crippen molar-refractivity contribution in [1.82, 2.24) is 0 Å². The number of hydrogen-bond donors (Lipinski definition) is 2. The number of aromatic hydroxyl groups is 1. The van der Waals surface area contributed by atoms with E-state index in [-0.39, 0.29) is 17.4 Å². The average molecular weight is 450 g/mol. The summed E-state index contributed by atoms with van der Waals surface area (Å²) in [5.41, 5.74) is 3.02. The van der Waals surface area contributed by atoms with Crippen molar-refractivity contribution in [2.45, 2.75) is 84.5 Å². The zero-order chi connectivity index (χ0) is 23.9. The van der Waals surface area contributed by atoms with Crippen LogP contribution in [0.4, 0.5) is 5.69 Å². The molecule has 0 saturated heterocycles. The standard InChI is InChI=1S/C29H39NO3/c1-3-4-5-6-7-8-9-10-11-12-13-28(32)25-14-18-26(19-15-25)30-29(33)22-23(2)24-16-20-27(31)21-17-24/h14-22,31H,3-13H2,1-2H3,(H,30,33)/b23-22+. The number of phenols is 1. The van der Waals surface area contributed by atoms with E-state index in [1.165, 1.54) is 57.4 Å². The summed E-state index contributed by atoms with van der Waals surface area (Å²) in [6.45, 7) is 4.09. The molecule has 2 aromatic rings. The van der Waals surface area contributed by atoms with Gasteiger partial charge in [-0.15, -0.1) is 0 Å². The minimum Gasteiger partial charge on any atom is -0.508 e. The number of hydrogen-bond acceptors (Lipinski definition) is 3. The van der Waals surface area contributed by atoms with Gasteiger partial charge >= 0.3 is 0 Å². The highest BCUT2D eigenvalue weighted by atomic mass is 16.3. The van der Waals surface area contributed by atoms with Crippen molar-refractivity contribution in [3.8, 4) is 5.75 Å². The fourth-order valence-corrected chi connectivity index (χ4v) is 3.84. The fourth-order valence-electron chi connectivity index (χ4n) is 3.84. The van der Waals surface area contributed by atoms with E-state index in [1.807, 2.05) is 6.92 Å². The van der Waals surface area contributed by atoms with E-state index >= 15 is 0 Å². The lowest BCUT2D eigenvalue weighted by molar-refractivity contribution is -0.111. The maximum atomic E-state index is 12.4. The van der Waals surface area contributed by atoms with Crippen LogP contribution in [0.2, 0.25) is 0 Å². The van der Waals surface area contributed by atoms with E-state index in [1.54, 1.807) is 48.5 Å². The van der Waals surface area contributed by atoms with Crippen LogP contribution in [0.5, 0.6) is 5.75 Å². The second-order valence-corrected chi connectivity index (χ2v) is 8.80. The van der Waals surface area contributed by atoms with E-state index in [0.717, 1.165) is 24.0 Å². The summed E-state index contributed by atoms with van der Waals surface area (Å²) >= 11 is 0. The first kappa shape index (κ1) is 26.4. The Balaban J connectivity index is 1.68. The van der Waals surface area contributed by atoms with Crippen LogP contribution in [0, 0.1) is 0 Å². The summed E-state index contributed by atoms with van der Waals surface area (Å²) < 4.78 is 0. The molecule has 0 aliphatic heterocycles. The van der Waals surface area contributed by atoms with Crippen molar-refractivity contribution in [2.75, 3.05) is 5.32 Å². The fraction of sp³-hybridized carbons (Fsp3) is 0.448. The molecule has 0 aliphatic carbocycles. The predicted molar refractivity (Wildman–Crippen MR) is 138 cm³/mol. The van der Waals surface area contributed by atoms with Crippen LogP contribution in [-0.2, 0) is 4.79 Å². The first-order valence-corrected chi connectivity index (χ1v) is 12.4. The molecular formula is C29H39NO3. The monoisotopic (exact) mass is 449 g/mol. The number of Topliss-reactive ketones (excluding diaryl/α,β-unsaturated/α-hetero) is 1. The number of nitrogens with one attached hydrogen (secondary N) is 1. The molecule has 0 bridgehead atoms. The van der Waals surface area contributed by atoms with Gasteiger partial charge in [0.2, 0.25) is 5.91 Å².